The van der Waals surface area contributed by atoms with Gasteiger partial charge < -0.3 is 18.6 Å². The minimum absolute atomic E-state index is 0.406. The molecule has 4 aromatic rings. The number of carbonyl (C=O) groups excluding carboxylic acids is 1. The molecule has 0 saturated heterocycles. The Kier molecular flexibility index (Phi) is 4.96. The van der Waals surface area contributed by atoms with E-state index >= 15 is 0 Å². The summed E-state index contributed by atoms with van der Waals surface area (Å²) in [6, 6.07) is 20.9. The van der Waals surface area contributed by atoms with Gasteiger partial charge in [0, 0.05) is 10.9 Å². The first-order valence-electron chi connectivity index (χ1n) is 9.08. The zero-order valence-corrected chi connectivity index (χ0v) is 16.4. The van der Waals surface area contributed by atoms with Gasteiger partial charge in [-0.05, 0) is 59.7 Å². The number of esters is 1. The Morgan fingerprint density at radius 2 is 1.28 bits per heavy atom. The largest absolute Gasteiger partial charge is 0.497 e. The standard InChI is InChI=1S/C24H20O5/c1-26-18-9-4-15(5-10-18)17-8-13-21-20(14-17)22(24(25)28-3)23(29-21)16-6-11-19(27-2)12-7-16/h4-14H,1-3H3. The molecule has 1 heterocycles. The molecular weight excluding hydrogens is 368 g/mol. The SMILES string of the molecule is COC(=O)c1c(-c2ccc(OC)cc2)oc2ccc(-c3ccc(OC)cc3)cc12. The van der Waals surface area contributed by atoms with Crippen molar-refractivity contribution in [2.45, 2.75) is 0 Å². The van der Waals surface area contributed by atoms with Gasteiger partial charge in [-0.2, -0.15) is 0 Å². The fraction of sp³-hybridized carbons (Fsp3) is 0.125. The maximum absolute atomic E-state index is 12.6. The molecule has 0 aliphatic carbocycles. The number of fused-ring (bicyclic) bond motifs is 1. The highest BCUT2D eigenvalue weighted by atomic mass is 16.5. The molecule has 5 nitrogen and oxygen atoms in total. The number of carbonyl (C=O) groups is 1. The van der Waals surface area contributed by atoms with E-state index in [1.807, 2.05) is 66.7 Å². The molecule has 4 rings (SSSR count). The minimum Gasteiger partial charge on any atom is -0.497 e. The number of hydrogen-bond acceptors (Lipinski definition) is 5. The van der Waals surface area contributed by atoms with Gasteiger partial charge in [0.25, 0.3) is 0 Å². The molecule has 0 aliphatic heterocycles. The topological polar surface area (TPSA) is 57.9 Å². The molecule has 5 heteroatoms. The van der Waals surface area contributed by atoms with Crippen LogP contribution in [0.2, 0.25) is 0 Å². The van der Waals surface area contributed by atoms with E-state index in [2.05, 4.69) is 0 Å². The van der Waals surface area contributed by atoms with Gasteiger partial charge in [0.2, 0.25) is 0 Å². The molecule has 1 aromatic heterocycles. The lowest BCUT2D eigenvalue weighted by atomic mass is 10.0. The molecule has 3 aromatic carbocycles. The maximum Gasteiger partial charge on any atom is 0.342 e. The van der Waals surface area contributed by atoms with Crippen molar-refractivity contribution in [3.8, 4) is 33.9 Å². The third-order valence-electron chi connectivity index (χ3n) is 4.85. The van der Waals surface area contributed by atoms with E-state index in [0.717, 1.165) is 28.2 Å². The highest BCUT2D eigenvalue weighted by Crippen LogP contribution is 2.37. The molecule has 0 unspecified atom stereocenters. The van der Waals surface area contributed by atoms with Gasteiger partial charge in [-0.15, -0.1) is 0 Å². The van der Waals surface area contributed by atoms with Gasteiger partial charge in [-0.25, -0.2) is 4.79 Å². The number of ether oxygens (including phenoxy) is 3. The molecular formula is C24H20O5. The first kappa shape index (κ1) is 18.6. The summed E-state index contributed by atoms with van der Waals surface area (Å²) in [6.45, 7) is 0. The highest BCUT2D eigenvalue weighted by Gasteiger charge is 2.23. The fourth-order valence-corrected chi connectivity index (χ4v) is 3.31. The predicted octanol–water partition coefficient (Wildman–Crippen LogP) is 5.57. The van der Waals surface area contributed by atoms with Crippen LogP contribution in [0.25, 0.3) is 33.4 Å². The van der Waals surface area contributed by atoms with Crippen LogP contribution in [0.3, 0.4) is 0 Å². The van der Waals surface area contributed by atoms with Crippen LogP contribution in [0.4, 0.5) is 0 Å². The Labute approximate surface area is 168 Å². The number of furan rings is 1. The van der Waals surface area contributed by atoms with Crippen LogP contribution in [0, 0.1) is 0 Å². The summed E-state index contributed by atoms with van der Waals surface area (Å²) in [4.78, 5) is 12.6. The van der Waals surface area contributed by atoms with Gasteiger partial charge in [-0.3, -0.25) is 0 Å². The zero-order valence-electron chi connectivity index (χ0n) is 16.4. The summed E-state index contributed by atoms with van der Waals surface area (Å²) in [6.07, 6.45) is 0. The van der Waals surface area contributed by atoms with Gasteiger partial charge in [0.1, 0.15) is 28.4 Å². The number of hydrogen-bond donors (Lipinski definition) is 0. The molecule has 29 heavy (non-hydrogen) atoms. The summed E-state index contributed by atoms with van der Waals surface area (Å²) in [7, 11) is 4.61. The minimum atomic E-state index is -0.443. The molecule has 0 spiro atoms. The molecule has 0 fully saturated rings. The molecule has 0 atom stereocenters. The van der Waals surface area contributed by atoms with Gasteiger partial charge in [0.05, 0.1) is 21.3 Å². The predicted molar refractivity (Wildman–Crippen MR) is 112 cm³/mol. The summed E-state index contributed by atoms with van der Waals surface area (Å²) < 4.78 is 21.5. The second-order valence-corrected chi connectivity index (χ2v) is 6.47. The first-order valence-corrected chi connectivity index (χ1v) is 9.08. The molecule has 146 valence electrons. The molecule has 0 saturated carbocycles. The lowest BCUT2D eigenvalue weighted by molar-refractivity contribution is 0.0603. The van der Waals surface area contributed by atoms with Crippen LogP contribution in [0.1, 0.15) is 10.4 Å². The van der Waals surface area contributed by atoms with Crippen LogP contribution >= 0.6 is 0 Å². The molecule has 0 N–H and O–H groups in total. The van der Waals surface area contributed by atoms with Crippen molar-refractivity contribution in [1.82, 2.24) is 0 Å². The quantitative estimate of drug-likeness (QED) is 0.418. The van der Waals surface area contributed by atoms with Gasteiger partial charge in [0.15, 0.2) is 0 Å². The molecule has 0 amide bonds. The van der Waals surface area contributed by atoms with E-state index in [9.17, 15) is 4.79 Å². The number of rotatable bonds is 5. The van der Waals surface area contributed by atoms with Crippen molar-refractivity contribution in [3.63, 3.8) is 0 Å². The van der Waals surface area contributed by atoms with Crippen molar-refractivity contribution in [2.24, 2.45) is 0 Å². The van der Waals surface area contributed by atoms with Crippen molar-refractivity contribution >= 4 is 16.9 Å². The van der Waals surface area contributed by atoms with Crippen molar-refractivity contribution in [3.05, 3.63) is 72.3 Å². The van der Waals surface area contributed by atoms with Crippen molar-refractivity contribution in [2.75, 3.05) is 21.3 Å². The highest BCUT2D eigenvalue weighted by molar-refractivity contribution is 6.09. The van der Waals surface area contributed by atoms with Crippen LogP contribution in [-0.2, 0) is 4.74 Å². The summed E-state index contributed by atoms with van der Waals surface area (Å²) in [5.74, 6) is 1.55. The smallest absolute Gasteiger partial charge is 0.342 e. The molecule has 0 radical (unpaired) electrons. The summed E-state index contributed by atoms with van der Waals surface area (Å²) in [5, 5.41) is 0.705. The Bertz CT molecular complexity index is 1150. The maximum atomic E-state index is 12.6. The van der Waals surface area contributed by atoms with E-state index in [-0.39, 0.29) is 0 Å². The first-order chi connectivity index (χ1) is 14.1. The zero-order chi connectivity index (χ0) is 20.4. The molecule has 0 aliphatic rings. The van der Waals surface area contributed by atoms with Gasteiger partial charge >= 0.3 is 5.97 Å². The lowest BCUT2D eigenvalue weighted by Gasteiger charge is -2.05. The van der Waals surface area contributed by atoms with Crippen LogP contribution in [-0.4, -0.2) is 27.3 Å². The van der Waals surface area contributed by atoms with Crippen LogP contribution in [0.5, 0.6) is 11.5 Å². The van der Waals surface area contributed by atoms with Crippen LogP contribution < -0.4 is 9.47 Å². The van der Waals surface area contributed by atoms with E-state index in [1.165, 1.54) is 7.11 Å². The Morgan fingerprint density at radius 1 is 0.724 bits per heavy atom. The van der Waals surface area contributed by atoms with Crippen molar-refractivity contribution < 1.29 is 23.4 Å². The lowest BCUT2D eigenvalue weighted by Crippen LogP contribution is -2.02. The van der Waals surface area contributed by atoms with Gasteiger partial charge in [-0.1, -0.05) is 18.2 Å². The average Bonchev–Trinajstić information content (AvgIpc) is 3.17. The third-order valence-corrected chi connectivity index (χ3v) is 4.85. The number of methoxy groups -OCH3 is 3. The summed E-state index contributed by atoms with van der Waals surface area (Å²) >= 11 is 0. The Morgan fingerprint density at radius 3 is 1.83 bits per heavy atom. The molecule has 0 bridgehead atoms. The second-order valence-electron chi connectivity index (χ2n) is 6.47. The van der Waals surface area contributed by atoms with E-state index in [1.54, 1.807) is 14.2 Å². The normalized spacial score (nSPS) is 10.7. The third kappa shape index (κ3) is 3.43. The Balaban J connectivity index is 1.87. The van der Waals surface area contributed by atoms with E-state index in [0.29, 0.717) is 22.3 Å². The second kappa shape index (κ2) is 7.72. The van der Waals surface area contributed by atoms with E-state index in [4.69, 9.17) is 18.6 Å². The number of benzene rings is 3. The van der Waals surface area contributed by atoms with Crippen LogP contribution in [0.15, 0.2) is 71.1 Å². The fourth-order valence-electron chi connectivity index (χ4n) is 3.31. The average molecular weight is 388 g/mol. The summed E-state index contributed by atoms with van der Waals surface area (Å²) in [5.41, 5.74) is 3.77. The van der Waals surface area contributed by atoms with Crippen molar-refractivity contribution in [1.29, 1.82) is 0 Å². The van der Waals surface area contributed by atoms with E-state index < -0.39 is 5.97 Å². The Hall–Kier alpha value is -3.73. The monoisotopic (exact) mass is 388 g/mol.